The van der Waals surface area contributed by atoms with E-state index in [1.165, 1.54) is 73.1 Å². The van der Waals surface area contributed by atoms with E-state index < -0.39 is 0 Å². The number of aromatic nitrogens is 1. The van der Waals surface area contributed by atoms with Crippen LogP contribution >= 0.6 is 11.5 Å². The predicted octanol–water partition coefficient (Wildman–Crippen LogP) is 1.98. The first-order valence-corrected chi connectivity index (χ1v) is 9.85. The molecule has 3 nitrogen and oxygen atoms in total. The molecule has 23 heavy (non-hydrogen) atoms. The summed E-state index contributed by atoms with van der Waals surface area (Å²) in [6.07, 6.45) is 9.83. The summed E-state index contributed by atoms with van der Waals surface area (Å²) >= 11 is 1.52. The maximum absolute atomic E-state index is 4.66. The molecule has 1 aliphatic carbocycles. The van der Waals surface area contributed by atoms with Crippen LogP contribution in [0.15, 0.2) is 12.7 Å². The Bertz CT molecular complexity index is 668. The molecule has 1 aromatic heterocycles. The molecule has 1 unspecified atom stereocenters. The monoisotopic (exact) mass is 330 g/mol. The van der Waals surface area contributed by atoms with Gasteiger partial charge < -0.3 is 9.38 Å². The summed E-state index contributed by atoms with van der Waals surface area (Å²) in [7, 11) is 0. The first kappa shape index (κ1) is 15.4. The van der Waals surface area contributed by atoms with Crippen LogP contribution in [0.1, 0.15) is 25.7 Å². The molecule has 3 heterocycles. The van der Waals surface area contributed by atoms with E-state index in [0.29, 0.717) is 0 Å². The fourth-order valence-electron chi connectivity index (χ4n) is 5.14. The SMILES string of the molecule is C=C/C=c1/c(N2CC[N+]3(CC2)CC2CCCC[C@H]2C3)nsc1=C. The number of quaternary nitrogens is 1. The van der Waals surface area contributed by atoms with Gasteiger partial charge in [0.15, 0.2) is 5.82 Å². The molecule has 2 aliphatic heterocycles. The van der Waals surface area contributed by atoms with Crippen molar-refractivity contribution in [1.29, 1.82) is 0 Å². The van der Waals surface area contributed by atoms with E-state index >= 15 is 0 Å². The van der Waals surface area contributed by atoms with Gasteiger partial charge >= 0.3 is 0 Å². The highest BCUT2D eigenvalue weighted by atomic mass is 32.1. The highest BCUT2D eigenvalue weighted by molar-refractivity contribution is 7.03. The van der Waals surface area contributed by atoms with Crippen LogP contribution in [0.4, 0.5) is 5.82 Å². The molecule has 3 aliphatic rings. The lowest BCUT2D eigenvalue weighted by Crippen LogP contribution is -2.59. The fraction of sp³-hybridized carbons (Fsp3) is 0.632. The lowest BCUT2D eigenvalue weighted by molar-refractivity contribution is -0.919. The third-order valence-corrected chi connectivity index (χ3v) is 7.07. The van der Waals surface area contributed by atoms with Crippen molar-refractivity contribution >= 4 is 30.0 Å². The van der Waals surface area contributed by atoms with Crippen LogP contribution in [-0.4, -0.2) is 48.1 Å². The summed E-state index contributed by atoms with van der Waals surface area (Å²) in [5.41, 5.74) is 0. The average Bonchev–Trinajstić information content (AvgIpc) is 3.10. The summed E-state index contributed by atoms with van der Waals surface area (Å²) in [5.74, 6) is 3.17. The van der Waals surface area contributed by atoms with Gasteiger partial charge in [0.25, 0.3) is 0 Å². The molecule has 1 spiro atoms. The maximum Gasteiger partial charge on any atom is 0.150 e. The van der Waals surface area contributed by atoms with Crippen LogP contribution in [0, 0.1) is 11.8 Å². The number of hydrogen-bond donors (Lipinski definition) is 0. The highest BCUT2D eigenvalue weighted by Gasteiger charge is 2.47. The molecule has 1 aromatic rings. The highest BCUT2D eigenvalue weighted by Crippen LogP contribution is 2.40. The van der Waals surface area contributed by atoms with Gasteiger partial charge in [0.1, 0.15) is 0 Å². The average molecular weight is 331 g/mol. The third-order valence-electron chi connectivity index (χ3n) is 6.37. The Morgan fingerprint density at radius 2 is 1.78 bits per heavy atom. The molecule has 1 saturated carbocycles. The van der Waals surface area contributed by atoms with Crippen molar-refractivity contribution in [3.05, 3.63) is 22.4 Å². The van der Waals surface area contributed by atoms with Crippen LogP contribution in [-0.2, 0) is 0 Å². The number of rotatable bonds is 2. The van der Waals surface area contributed by atoms with Crippen LogP contribution in [0.3, 0.4) is 0 Å². The third kappa shape index (κ3) is 2.76. The van der Waals surface area contributed by atoms with Crippen molar-refractivity contribution in [2.24, 2.45) is 11.8 Å². The second-order valence-corrected chi connectivity index (χ2v) is 8.55. The molecule has 2 atom stereocenters. The first-order valence-electron chi connectivity index (χ1n) is 9.08. The van der Waals surface area contributed by atoms with E-state index in [9.17, 15) is 0 Å². The minimum atomic E-state index is 1.02. The predicted molar refractivity (Wildman–Crippen MR) is 98.9 cm³/mol. The summed E-state index contributed by atoms with van der Waals surface area (Å²) in [5, 5.41) is 1.17. The van der Waals surface area contributed by atoms with Crippen molar-refractivity contribution in [3.8, 4) is 0 Å². The van der Waals surface area contributed by atoms with Crippen molar-refractivity contribution in [3.63, 3.8) is 0 Å². The molecular weight excluding hydrogens is 302 g/mol. The summed E-state index contributed by atoms with van der Waals surface area (Å²) in [6, 6.07) is 0. The standard InChI is InChI=1S/C19H28N3S/c1-3-6-18-15(2)23-20-19(18)21-9-11-22(12-10-21)13-16-7-4-5-8-17(16)14-22/h3,6,16-17H,1-2,4-5,7-14H2/q+1/b18-6+/t16-,17?/m0/s1. The van der Waals surface area contributed by atoms with Crippen LogP contribution in [0.25, 0.3) is 12.7 Å². The minimum absolute atomic E-state index is 1.02. The zero-order valence-electron chi connectivity index (χ0n) is 14.0. The van der Waals surface area contributed by atoms with E-state index in [4.69, 9.17) is 0 Å². The second kappa shape index (κ2) is 6.06. The summed E-state index contributed by atoms with van der Waals surface area (Å²) in [6.45, 7) is 15.7. The van der Waals surface area contributed by atoms with Gasteiger partial charge in [-0.3, -0.25) is 0 Å². The number of anilines is 1. The zero-order valence-corrected chi connectivity index (χ0v) is 14.9. The Balaban J connectivity index is 1.49. The van der Waals surface area contributed by atoms with Crippen LogP contribution in [0.5, 0.6) is 0 Å². The quantitative estimate of drug-likeness (QED) is 0.771. The number of fused-ring (bicyclic) bond motifs is 1. The molecule has 0 radical (unpaired) electrons. The van der Waals surface area contributed by atoms with E-state index in [1.807, 2.05) is 6.08 Å². The number of hydrogen-bond acceptors (Lipinski definition) is 3. The van der Waals surface area contributed by atoms with Gasteiger partial charge in [-0.1, -0.05) is 38.2 Å². The van der Waals surface area contributed by atoms with Crippen LogP contribution < -0.4 is 14.7 Å². The largest absolute Gasteiger partial charge is 0.344 e. The Kier molecular flexibility index (Phi) is 4.06. The Labute approximate surface area is 143 Å². The molecule has 124 valence electrons. The maximum atomic E-state index is 4.66. The normalized spacial score (nSPS) is 30.6. The van der Waals surface area contributed by atoms with Gasteiger partial charge in [0, 0.05) is 17.1 Å². The summed E-state index contributed by atoms with van der Waals surface area (Å²) < 4.78 is 7.10. The Hall–Kier alpha value is -1.13. The van der Waals surface area contributed by atoms with E-state index in [0.717, 1.165) is 35.3 Å². The van der Waals surface area contributed by atoms with Gasteiger partial charge in [-0.2, -0.15) is 4.37 Å². The lowest BCUT2D eigenvalue weighted by atomic mass is 9.82. The Morgan fingerprint density at radius 3 is 2.39 bits per heavy atom. The molecule has 0 N–H and O–H groups in total. The van der Waals surface area contributed by atoms with Gasteiger partial charge in [0.2, 0.25) is 0 Å². The molecular formula is C19H28N3S+. The van der Waals surface area contributed by atoms with E-state index in [2.05, 4.69) is 28.5 Å². The van der Waals surface area contributed by atoms with Gasteiger partial charge in [-0.25, -0.2) is 0 Å². The second-order valence-electron chi connectivity index (χ2n) is 7.69. The van der Waals surface area contributed by atoms with Gasteiger partial charge in [0.05, 0.1) is 43.8 Å². The lowest BCUT2D eigenvalue weighted by Gasteiger charge is -2.42. The molecule has 2 saturated heterocycles. The molecule has 3 fully saturated rings. The molecule has 0 amide bonds. The molecule has 4 heteroatoms. The smallest absolute Gasteiger partial charge is 0.150 e. The topological polar surface area (TPSA) is 16.1 Å². The molecule has 4 rings (SSSR count). The van der Waals surface area contributed by atoms with Gasteiger partial charge in [-0.05, 0) is 24.4 Å². The zero-order chi connectivity index (χ0) is 15.9. The van der Waals surface area contributed by atoms with E-state index in [-0.39, 0.29) is 0 Å². The minimum Gasteiger partial charge on any atom is -0.344 e. The van der Waals surface area contributed by atoms with Crippen molar-refractivity contribution in [1.82, 2.24) is 4.37 Å². The van der Waals surface area contributed by atoms with E-state index in [1.54, 1.807) is 0 Å². The van der Waals surface area contributed by atoms with Crippen molar-refractivity contribution in [2.75, 3.05) is 44.2 Å². The fourth-order valence-corrected chi connectivity index (χ4v) is 5.80. The molecule has 0 bridgehead atoms. The number of allylic oxidation sites excluding steroid dienone is 1. The van der Waals surface area contributed by atoms with Crippen LogP contribution in [0.2, 0.25) is 0 Å². The number of nitrogens with zero attached hydrogens (tertiary/aromatic N) is 3. The van der Waals surface area contributed by atoms with Gasteiger partial charge in [-0.15, -0.1) is 0 Å². The molecule has 0 aromatic carbocycles. The first-order chi connectivity index (χ1) is 11.2. The summed E-state index contributed by atoms with van der Waals surface area (Å²) in [4.78, 5) is 2.48. The van der Waals surface area contributed by atoms with Crippen molar-refractivity contribution < 1.29 is 4.48 Å². The number of piperazine rings is 1. The van der Waals surface area contributed by atoms with Crippen molar-refractivity contribution in [2.45, 2.75) is 25.7 Å². The Morgan fingerprint density at radius 1 is 1.13 bits per heavy atom.